The number of nitrogens with one attached hydrogen (secondary N) is 1. The number of nitrogens with zero attached hydrogens (tertiary/aromatic N) is 3. The molecule has 0 fully saturated rings. The minimum Gasteiger partial charge on any atom is -0.374 e. The van der Waals surface area contributed by atoms with Crippen LogP contribution in [0.2, 0.25) is 0 Å². The summed E-state index contributed by atoms with van der Waals surface area (Å²) in [4.78, 5) is 23.0. The number of hydrogen-bond acceptors (Lipinski definition) is 4. The highest BCUT2D eigenvalue weighted by Gasteiger charge is 2.33. The van der Waals surface area contributed by atoms with E-state index in [-0.39, 0.29) is 17.9 Å². The average Bonchev–Trinajstić information content (AvgIpc) is 2.72. The molecule has 0 aromatic heterocycles. The monoisotopic (exact) mass is 320 g/mol. The Hall–Kier alpha value is -1.39. The summed E-state index contributed by atoms with van der Waals surface area (Å²) < 4.78 is 0. The smallest absolute Gasteiger partial charge is 0.252 e. The number of carbonyl (C=O) groups excluding carboxylic acids is 1. The van der Waals surface area contributed by atoms with Gasteiger partial charge in [-0.25, -0.2) is 0 Å². The van der Waals surface area contributed by atoms with Crippen molar-refractivity contribution in [2.24, 2.45) is 15.9 Å². The van der Waals surface area contributed by atoms with E-state index >= 15 is 0 Å². The molecule has 0 spiro atoms. The molecule has 0 bridgehead atoms. The van der Waals surface area contributed by atoms with Crippen LogP contribution >= 0.6 is 0 Å². The molecule has 5 nitrogen and oxygen atoms in total. The zero-order chi connectivity index (χ0) is 16.7. The summed E-state index contributed by atoms with van der Waals surface area (Å²) >= 11 is 0. The first-order valence-electron chi connectivity index (χ1n) is 9.21. The molecule has 2 rings (SSSR count). The van der Waals surface area contributed by atoms with Gasteiger partial charge in [0, 0.05) is 33.0 Å². The van der Waals surface area contributed by atoms with Gasteiger partial charge in [0.05, 0.1) is 5.84 Å². The van der Waals surface area contributed by atoms with Gasteiger partial charge in [-0.3, -0.25) is 14.8 Å². The van der Waals surface area contributed by atoms with E-state index < -0.39 is 0 Å². The van der Waals surface area contributed by atoms with Crippen LogP contribution < -0.4 is 5.32 Å². The van der Waals surface area contributed by atoms with Crippen molar-refractivity contribution in [2.45, 2.75) is 71.3 Å². The normalized spacial score (nSPS) is 22.2. The number of rotatable bonds is 7. The third-order valence-electron chi connectivity index (χ3n) is 4.67. The second-order valence-electron chi connectivity index (χ2n) is 7.01. The number of amides is 1. The van der Waals surface area contributed by atoms with E-state index in [0.29, 0.717) is 0 Å². The highest BCUT2D eigenvalue weighted by molar-refractivity contribution is 6.05. The first-order valence-corrected chi connectivity index (χ1v) is 9.21. The standard InChI is InChI=1S/C18H32N4O/c1-14(2)17-18(23)22(3)16(21-17)11-7-5-9-13-20-15-10-6-4-8-12-19-15/h14,17H,4-13H2,1-3H3,(H,19,20)/t17-/m1/s1. The van der Waals surface area contributed by atoms with Crippen molar-refractivity contribution in [3.63, 3.8) is 0 Å². The Morgan fingerprint density at radius 2 is 2.04 bits per heavy atom. The van der Waals surface area contributed by atoms with E-state index in [9.17, 15) is 4.79 Å². The maximum atomic E-state index is 12.1. The second kappa shape index (κ2) is 9.04. The van der Waals surface area contributed by atoms with Crippen LogP contribution in [0.3, 0.4) is 0 Å². The molecule has 0 radical (unpaired) electrons. The minimum atomic E-state index is -0.162. The van der Waals surface area contributed by atoms with Crippen LogP contribution in [-0.4, -0.2) is 48.7 Å². The van der Waals surface area contributed by atoms with Crippen molar-refractivity contribution in [1.29, 1.82) is 0 Å². The summed E-state index contributed by atoms with van der Waals surface area (Å²) in [6.45, 7) is 6.11. The lowest BCUT2D eigenvalue weighted by molar-refractivity contribution is -0.127. The van der Waals surface area contributed by atoms with Crippen molar-refractivity contribution >= 4 is 17.6 Å². The first-order chi connectivity index (χ1) is 11.1. The molecule has 1 atom stereocenters. The highest BCUT2D eigenvalue weighted by atomic mass is 16.2. The van der Waals surface area contributed by atoms with Crippen LogP contribution in [0.1, 0.15) is 65.2 Å². The lowest BCUT2D eigenvalue weighted by Crippen LogP contribution is -2.33. The van der Waals surface area contributed by atoms with Crippen LogP contribution in [0.5, 0.6) is 0 Å². The molecule has 2 aliphatic heterocycles. The lowest BCUT2D eigenvalue weighted by Gasteiger charge is -2.14. The molecule has 0 saturated carbocycles. The topological polar surface area (TPSA) is 57.1 Å². The maximum absolute atomic E-state index is 12.1. The maximum Gasteiger partial charge on any atom is 0.252 e. The number of likely N-dealkylation sites (N-methyl/N-ethyl adjacent to an activating group) is 1. The Kier molecular flexibility index (Phi) is 7.06. The van der Waals surface area contributed by atoms with E-state index in [4.69, 9.17) is 0 Å². The van der Waals surface area contributed by atoms with Gasteiger partial charge < -0.3 is 10.2 Å². The van der Waals surface area contributed by atoms with Crippen molar-refractivity contribution in [3.05, 3.63) is 0 Å². The van der Waals surface area contributed by atoms with Gasteiger partial charge in [-0.05, 0) is 31.6 Å². The Morgan fingerprint density at radius 1 is 1.22 bits per heavy atom. The van der Waals surface area contributed by atoms with Gasteiger partial charge in [-0.2, -0.15) is 0 Å². The molecule has 0 aliphatic carbocycles. The number of amidine groups is 2. The van der Waals surface area contributed by atoms with Crippen molar-refractivity contribution in [1.82, 2.24) is 10.2 Å². The van der Waals surface area contributed by atoms with Crippen LogP contribution in [0.25, 0.3) is 0 Å². The summed E-state index contributed by atoms with van der Waals surface area (Å²) in [5.74, 6) is 2.61. The Balaban J connectivity index is 1.61. The summed E-state index contributed by atoms with van der Waals surface area (Å²) in [5.41, 5.74) is 0. The molecule has 1 N–H and O–H groups in total. The summed E-state index contributed by atoms with van der Waals surface area (Å²) in [7, 11) is 1.86. The molecule has 2 aliphatic rings. The molecule has 23 heavy (non-hydrogen) atoms. The fraction of sp³-hybridized carbons (Fsp3) is 0.833. The highest BCUT2D eigenvalue weighted by Crippen LogP contribution is 2.19. The number of aliphatic imine (C=N–C) groups is 2. The zero-order valence-electron chi connectivity index (χ0n) is 15.0. The Labute approximate surface area is 140 Å². The fourth-order valence-corrected chi connectivity index (χ4v) is 3.13. The van der Waals surface area contributed by atoms with Gasteiger partial charge in [0.2, 0.25) is 0 Å². The first kappa shape index (κ1) is 18.0. The fourth-order valence-electron chi connectivity index (χ4n) is 3.13. The van der Waals surface area contributed by atoms with Crippen LogP contribution in [0, 0.1) is 5.92 Å². The minimum absolute atomic E-state index is 0.156. The van der Waals surface area contributed by atoms with E-state index in [1.54, 1.807) is 4.90 Å². The molecule has 0 aromatic rings. The second-order valence-corrected chi connectivity index (χ2v) is 7.01. The van der Waals surface area contributed by atoms with Gasteiger partial charge in [0.1, 0.15) is 11.9 Å². The largest absolute Gasteiger partial charge is 0.374 e. The SMILES string of the molecule is CC(C)[C@H]1N=C(CCCCCNC2=NCCCCC2)N(C)C1=O. The number of unbranched alkanes of at least 4 members (excludes halogenated alkanes) is 2. The van der Waals surface area contributed by atoms with E-state index in [2.05, 4.69) is 29.1 Å². The van der Waals surface area contributed by atoms with Crippen LogP contribution in [0.4, 0.5) is 0 Å². The summed E-state index contributed by atoms with van der Waals surface area (Å²) in [5, 5.41) is 3.48. The zero-order valence-corrected chi connectivity index (χ0v) is 15.0. The lowest BCUT2D eigenvalue weighted by atomic mass is 10.1. The summed E-state index contributed by atoms with van der Waals surface area (Å²) in [6, 6.07) is -0.162. The van der Waals surface area contributed by atoms with Gasteiger partial charge in [0.25, 0.3) is 5.91 Å². The van der Waals surface area contributed by atoms with Crippen molar-refractivity contribution < 1.29 is 4.79 Å². The third kappa shape index (κ3) is 5.33. The van der Waals surface area contributed by atoms with Crippen molar-refractivity contribution in [2.75, 3.05) is 20.1 Å². The third-order valence-corrected chi connectivity index (χ3v) is 4.67. The molecule has 0 saturated heterocycles. The molecular formula is C18H32N4O. The van der Waals surface area contributed by atoms with E-state index in [1.165, 1.54) is 25.1 Å². The molecule has 2 heterocycles. The molecular weight excluding hydrogens is 288 g/mol. The van der Waals surface area contributed by atoms with Crippen LogP contribution in [0.15, 0.2) is 9.98 Å². The van der Waals surface area contributed by atoms with E-state index in [1.807, 2.05) is 7.05 Å². The van der Waals surface area contributed by atoms with Gasteiger partial charge in [0.15, 0.2) is 0 Å². The molecule has 5 heteroatoms. The predicted molar refractivity (Wildman–Crippen MR) is 96.1 cm³/mol. The Bertz CT molecular complexity index is 456. The predicted octanol–water partition coefficient (Wildman–Crippen LogP) is 3.00. The molecule has 130 valence electrons. The van der Waals surface area contributed by atoms with Crippen molar-refractivity contribution in [3.8, 4) is 0 Å². The number of carbonyl (C=O) groups is 1. The molecule has 0 unspecified atom stereocenters. The number of hydrogen-bond donors (Lipinski definition) is 1. The Morgan fingerprint density at radius 3 is 2.78 bits per heavy atom. The van der Waals surface area contributed by atoms with Crippen LogP contribution in [-0.2, 0) is 4.79 Å². The van der Waals surface area contributed by atoms with E-state index in [0.717, 1.165) is 51.0 Å². The molecule has 1 amide bonds. The average molecular weight is 320 g/mol. The quantitative estimate of drug-likeness (QED) is 0.733. The van der Waals surface area contributed by atoms with Gasteiger partial charge >= 0.3 is 0 Å². The van der Waals surface area contributed by atoms with Gasteiger partial charge in [-0.15, -0.1) is 0 Å². The van der Waals surface area contributed by atoms with Gasteiger partial charge in [-0.1, -0.05) is 26.7 Å². The molecule has 0 aromatic carbocycles. The summed E-state index contributed by atoms with van der Waals surface area (Å²) in [6.07, 6.45) is 9.23.